The van der Waals surface area contributed by atoms with Gasteiger partial charge in [0, 0.05) is 11.5 Å². The summed E-state index contributed by atoms with van der Waals surface area (Å²) in [7, 11) is 4.83. The summed E-state index contributed by atoms with van der Waals surface area (Å²) in [6.45, 7) is 1.08. The highest BCUT2D eigenvalue weighted by molar-refractivity contribution is 5.91. The largest absolute Gasteiger partial charge is 0.497 e. The molecule has 3 rings (SSSR count). The fourth-order valence-corrected chi connectivity index (χ4v) is 2.53. The molecule has 0 aliphatic carbocycles. The molecule has 0 aliphatic rings. The van der Waals surface area contributed by atoms with Gasteiger partial charge in [-0.2, -0.15) is 0 Å². The summed E-state index contributed by atoms with van der Waals surface area (Å²) >= 11 is 0. The molecule has 0 unspecified atom stereocenters. The van der Waals surface area contributed by atoms with Crippen LogP contribution >= 0.6 is 0 Å². The van der Waals surface area contributed by atoms with Gasteiger partial charge in [0.15, 0.2) is 11.5 Å². The van der Waals surface area contributed by atoms with E-state index in [-0.39, 0.29) is 0 Å². The second-order valence-electron chi connectivity index (χ2n) is 5.40. The van der Waals surface area contributed by atoms with Crippen LogP contribution in [0.15, 0.2) is 42.7 Å². The Hall–Kier alpha value is -3.22. The first-order valence-corrected chi connectivity index (χ1v) is 8.12. The van der Waals surface area contributed by atoms with Crippen molar-refractivity contribution < 1.29 is 18.9 Å². The van der Waals surface area contributed by atoms with Crippen molar-refractivity contribution >= 4 is 16.7 Å². The first-order chi connectivity index (χ1) is 12.7. The van der Waals surface area contributed by atoms with Gasteiger partial charge in [-0.15, -0.1) is 0 Å². The monoisotopic (exact) mass is 355 g/mol. The molecule has 1 N–H and O–H groups in total. The van der Waals surface area contributed by atoms with Gasteiger partial charge in [-0.25, -0.2) is 9.97 Å². The van der Waals surface area contributed by atoms with Crippen molar-refractivity contribution in [1.29, 1.82) is 0 Å². The molecule has 2 aromatic carbocycles. The Balaban J connectivity index is 1.66. The Morgan fingerprint density at radius 3 is 2.23 bits per heavy atom. The molecule has 0 atom stereocenters. The van der Waals surface area contributed by atoms with Crippen LogP contribution in [0.2, 0.25) is 0 Å². The van der Waals surface area contributed by atoms with Gasteiger partial charge in [0.25, 0.3) is 0 Å². The fourth-order valence-electron chi connectivity index (χ4n) is 2.53. The predicted octanol–water partition coefficient (Wildman–Crippen LogP) is 3.15. The number of aromatic nitrogens is 2. The second-order valence-corrected chi connectivity index (χ2v) is 5.40. The number of ether oxygens (including phenoxy) is 4. The molecule has 1 heterocycles. The van der Waals surface area contributed by atoms with Crippen LogP contribution in [0.25, 0.3) is 10.9 Å². The SMILES string of the molecule is COc1ccc(OCCNc2ncnc3cc(OC)c(OC)cc23)cc1. The number of fused-ring (bicyclic) bond motifs is 1. The average molecular weight is 355 g/mol. The lowest BCUT2D eigenvalue weighted by atomic mass is 10.2. The first kappa shape index (κ1) is 17.6. The van der Waals surface area contributed by atoms with E-state index >= 15 is 0 Å². The van der Waals surface area contributed by atoms with Gasteiger partial charge < -0.3 is 24.3 Å². The number of methoxy groups -OCH3 is 3. The zero-order chi connectivity index (χ0) is 18.4. The summed E-state index contributed by atoms with van der Waals surface area (Å²) in [6.07, 6.45) is 1.51. The highest BCUT2D eigenvalue weighted by atomic mass is 16.5. The molecule has 7 nitrogen and oxygen atoms in total. The second kappa shape index (κ2) is 8.24. The van der Waals surface area contributed by atoms with Crippen LogP contribution in [0.4, 0.5) is 5.82 Å². The maximum Gasteiger partial charge on any atom is 0.162 e. The lowest BCUT2D eigenvalue weighted by Gasteiger charge is -2.12. The van der Waals surface area contributed by atoms with E-state index in [0.717, 1.165) is 22.4 Å². The quantitative estimate of drug-likeness (QED) is 0.622. The van der Waals surface area contributed by atoms with Crippen molar-refractivity contribution in [3.05, 3.63) is 42.7 Å². The molecule has 0 saturated carbocycles. The highest BCUT2D eigenvalue weighted by Crippen LogP contribution is 2.33. The van der Waals surface area contributed by atoms with Crippen molar-refractivity contribution in [3.63, 3.8) is 0 Å². The van der Waals surface area contributed by atoms with Crippen molar-refractivity contribution in [3.8, 4) is 23.0 Å². The molecule has 26 heavy (non-hydrogen) atoms. The lowest BCUT2D eigenvalue weighted by Crippen LogP contribution is -2.12. The van der Waals surface area contributed by atoms with Gasteiger partial charge in [0.1, 0.15) is 30.3 Å². The van der Waals surface area contributed by atoms with Crippen LogP contribution in [-0.4, -0.2) is 44.4 Å². The number of rotatable bonds is 8. The van der Waals surface area contributed by atoms with Crippen LogP contribution in [-0.2, 0) is 0 Å². The van der Waals surface area contributed by atoms with Crippen LogP contribution in [0.5, 0.6) is 23.0 Å². The molecule has 1 aromatic heterocycles. The van der Waals surface area contributed by atoms with Gasteiger partial charge in [-0.05, 0) is 30.3 Å². The van der Waals surface area contributed by atoms with E-state index in [1.165, 1.54) is 6.33 Å². The van der Waals surface area contributed by atoms with E-state index in [1.54, 1.807) is 21.3 Å². The molecule has 0 saturated heterocycles. The van der Waals surface area contributed by atoms with Gasteiger partial charge in [-0.3, -0.25) is 0 Å². The molecule has 0 amide bonds. The average Bonchev–Trinajstić information content (AvgIpc) is 2.70. The highest BCUT2D eigenvalue weighted by Gasteiger charge is 2.10. The molecule has 0 fully saturated rings. The topological polar surface area (TPSA) is 74.7 Å². The van der Waals surface area contributed by atoms with Gasteiger partial charge in [-0.1, -0.05) is 0 Å². The number of nitrogens with one attached hydrogen (secondary N) is 1. The molecule has 0 bridgehead atoms. The van der Waals surface area contributed by atoms with Crippen molar-refractivity contribution in [2.45, 2.75) is 0 Å². The zero-order valence-electron chi connectivity index (χ0n) is 15.0. The van der Waals surface area contributed by atoms with Crippen LogP contribution in [0.3, 0.4) is 0 Å². The van der Waals surface area contributed by atoms with E-state index in [2.05, 4.69) is 15.3 Å². The minimum atomic E-state index is 0.491. The first-order valence-electron chi connectivity index (χ1n) is 8.12. The Morgan fingerprint density at radius 1 is 0.846 bits per heavy atom. The van der Waals surface area contributed by atoms with E-state index in [4.69, 9.17) is 18.9 Å². The van der Waals surface area contributed by atoms with E-state index in [9.17, 15) is 0 Å². The van der Waals surface area contributed by atoms with Crippen molar-refractivity contribution in [1.82, 2.24) is 9.97 Å². The summed E-state index contributed by atoms with van der Waals surface area (Å²) in [5.74, 6) is 3.56. The van der Waals surface area contributed by atoms with Crippen LogP contribution < -0.4 is 24.3 Å². The molecule has 0 aliphatic heterocycles. The number of anilines is 1. The summed E-state index contributed by atoms with van der Waals surface area (Å²) in [5, 5.41) is 4.13. The maximum atomic E-state index is 5.71. The molecular formula is C19H21N3O4. The fraction of sp³-hybridized carbons (Fsp3) is 0.263. The Bertz CT molecular complexity index is 869. The number of nitrogens with zero attached hydrogens (tertiary/aromatic N) is 2. The third-order valence-corrected chi connectivity index (χ3v) is 3.86. The van der Waals surface area contributed by atoms with E-state index < -0.39 is 0 Å². The molecule has 7 heteroatoms. The standard InChI is InChI=1S/C19H21N3O4/c1-23-13-4-6-14(7-5-13)26-9-8-20-19-15-10-17(24-2)18(25-3)11-16(15)21-12-22-19/h4-7,10-12H,8-9H2,1-3H3,(H,20,21,22). The third-order valence-electron chi connectivity index (χ3n) is 3.86. The summed E-state index contributed by atoms with van der Waals surface area (Å²) in [4.78, 5) is 8.60. The van der Waals surface area contributed by atoms with Gasteiger partial charge >= 0.3 is 0 Å². The van der Waals surface area contributed by atoms with Crippen molar-refractivity contribution in [2.75, 3.05) is 39.8 Å². The van der Waals surface area contributed by atoms with Crippen LogP contribution in [0, 0.1) is 0 Å². The summed E-state index contributed by atoms with van der Waals surface area (Å²) < 4.78 is 21.5. The summed E-state index contributed by atoms with van der Waals surface area (Å²) in [6, 6.07) is 11.2. The van der Waals surface area contributed by atoms with Gasteiger partial charge in [0.05, 0.1) is 33.4 Å². The predicted molar refractivity (Wildman–Crippen MR) is 99.6 cm³/mol. The number of benzene rings is 2. The Kier molecular flexibility index (Phi) is 5.58. The lowest BCUT2D eigenvalue weighted by molar-refractivity contribution is 0.331. The summed E-state index contributed by atoms with van der Waals surface area (Å²) in [5.41, 5.74) is 0.774. The molecule has 0 spiro atoms. The zero-order valence-corrected chi connectivity index (χ0v) is 15.0. The minimum Gasteiger partial charge on any atom is -0.497 e. The normalized spacial score (nSPS) is 10.4. The third kappa shape index (κ3) is 3.88. The molecule has 136 valence electrons. The van der Waals surface area contributed by atoms with E-state index in [0.29, 0.717) is 30.5 Å². The van der Waals surface area contributed by atoms with Crippen molar-refractivity contribution in [2.24, 2.45) is 0 Å². The van der Waals surface area contributed by atoms with Crippen LogP contribution in [0.1, 0.15) is 0 Å². The Morgan fingerprint density at radius 2 is 1.54 bits per heavy atom. The maximum absolute atomic E-state index is 5.71. The molecule has 0 radical (unpaired) electrons. The smallest absolute Gasteiger partial charge is 0.162 e. The Labute approximate surface area is 151 Å². The number of hydrogen-bond acceptors (Lipinski definition) is 7. The van der Waals surface area contributed by atoms with Gasteiger partial charge in [0.2, 0.25) is 0 Å². The van der Waals surface area contributed by atoms with E-state index in [1.807, 2.05) is 36.4 Å². The minimum absolute atomic E-state index is 0.491. The molecular weight excluding hydrogens is 334 g/mol. The molecule has 3 aromatic rings. The number of hydrogen-bond donors (Lipinski definition) is 1.